The minimum absolute atomic E-state index is 0.0331. The highest BCUT2D eigenvalue weighted by Gasteiger charge is 2.30. The predicted molar refractivity (Wildman–Crippen MR) is 69.7 cm³/mol. The Hall–Kier alpha value is -3.02. The van der Waals surface area contributed by atoms with E-state index < -0.39 is 29.3 Å². The van der Waals surface area contributed by atoms with Crippen LogP contribution in [0.4, 0.5) is 23.7 Å². The number of benzene rings is 1. The molecule has 22 heavy (non-hydrogen) atoms. The van der Waals surface area contributed by atoms with E-state index in [9.17, 15) is 22.8 Å². The molecule has 9 heteroatoms. The summed E-state index contributed by atoms with van der Waals surface area (Å²) in [5.74, 6) is -1.19. The Bertz CT molecular complexity index is 675. The average molecular weight is 313 g/mol. The maximum Gasteiger partial charge on any atom is 0.416 e. The molecule has 1 aromatic rings. The van der Waals surface area contributed by atoms with Gasteiger partial charge in [0.2, 0.25) is 0 Å². The molecule has 0 unspecified atom stereocenters. The summed E-state index contributed by atoms with van der Waals surface area (Å²) in [6.45, 7) is 1.53. The maximum absolute atomic E-state index is 12.6. The molecule has 0 aliphatic carbocycles. The number of hydrogen-bond acceptors (Lipinski definition) is 4. The van der Waals surface area contributed by atoms with Gasteiger partial charge in [0, 0.05) is 11.9 Å². The number of imide groups is 1. The number of aryl methyl sites for hydroxylation is 1. The second-order valence-corrected chi connectivity index (χ2v) is 4.10. The number of carbonyl (C=O) groups is 2. The molecular weight excluding hydrogens is 303 g/mol. The molecule has 0 aliphatic heterocycles. The molecule has 1 rings (SSSR count). The Morgan fingerprint density at radius 3 is 2.50 bits per heavy atom. The summed E-state index contributed by atoms with van der Waals surface area (Å²) < 4.78 is 37.8. The minimum Gasteiger partial charge on any atom is -0.465 e. The Labute approximate surface area is 122 Å². The van der Waals surface area contributed by atoms with Crippen LogP contribution < -0.4 is 10.6 Å². The zero-order valence-corrected chi connectivity index (χ0v) is 11.2. The van der Waals surface area contributed by atoms with Crippen molar-refractivity contribution in [2.75, 3.05) is 5.32 Å². The van der Waals surface area contributed by atoms with Gasteiger partial charge in [-0.3, -0.25) is 10.1 Å². The smallest absolute Gasteiger partial charge is 0.416 e. The first-order valence-electron chi connectivity index (χ1n) is 5.74. The second kappa shape index (κ2) is 6.62. The topological polar surface area (TPSA) is 102 Å². The van der Waals surface area contributed by atoms with E-state index in [-0.39, 0.29) is 5.69 Å². The number of carbonyl (C=O) groups excluding carboxylic acids is 1. The summed E-state index contributed by atoms with van der Waals surface area (Å²) >= 11 is 0. The number of amides is 2. The van der Waals surface area contributed by atoms with E-state index in [0.717, 1.165) is 18.3 Å². The van der Waals surface area contributed by atoms with Crippen molar-refractivity contribution in [3.63, 3.8) is 0 Å². The lowest BCUT2D eigenvalue weighted by Crippen LogP contribution is -2.29. The largest absolute Gasteiger partial charge is 0.465 e. The molecule has 0 spiro atoms. The van der Waals surface area contributed by atoms with Crippen LogP contribution in [0, 0.1) is 18.3 Å². The predicted octanol–water partition coefficient (Wildman–Crippen LogP) is 2.63. The first-order chi connectivity index (χ1) is 10.1. The number of nitriles is 1. The van der Waals surface area contributed by atoms with Gasteiger partial charge in [-0.2, -0.15) is 18.4 Å². The number of alkyl halides is 3. The van der Waals surface area contributed by atoms with Crippen molar-refractivity contribution in [2.24, 2.45) is 0 Å². The van der Waals surface area contributed by atoms with E-state index in [1.165, 1.54) is 24.4 Å². The fraction of sp³-hybridized carbons (Fsp3) is 0.154. The SMILES string of the molecule is Cc1ccc(C(F)(F)F)cc1N/C=C(\C#N)C(=O)NC(=O)O. The molecule has 0 heterocycles. The number of nitrogens with zero attached hydrogens (tertiary/aromatic N) is 1. The lowest BCUT2D eigenvalue weighted by atomic mass is 10.1. The molecule has 0 fully saturated rings. The Kier molecular flexibility index (Phi) is 5.13. The van der Waals surface area contributed by atoms with Crippen LogP contribution in [0.3, 0.4) is 0 Å². The summed E-state index contributed by atoms with van der Waals surface area (Å²) in [6.07, 6.45) is -5.35. The first kappa shape index (κ1) is 17.0. The summed E-state index contributed by atoms with van der Waals surface area (Å²) in [5.41, 5.74) is -1.02. The molecule has 0 aliphatic rings. The summed E-state index contributed by atoms with van der Waals surface area (Å²) in [4.78, 5) is 21.6. The second-order valence-electron chi connectivity index (χ2n) is 4.10. The zero-order valence-electron chi connectivity index (χ0n) is 11.2. The van der Waals surface area contributed by atoms with Crippen LogP contribution in [0.5, 0.6) is 0 Å². The molecule has 0 atom stereocenters. The molecule has 0 radical (unpaired) electrons. The zero-order chi connectivity index (χ0) is 16.9. The van der Waals surface area contributed by atoms with E-state index >= 15 is 0 Å². The molecule has 0 saturated heterocycles. The normalized spacial score (nSPS) is 11.5. The standard InChI is InChI=1S/C13H10F3N3O3/c1-7-2-3-9(13(14,15)16)4-10(7)18-6-8(5-17)11(20)19-12(21)22/h2-4,6,18H,1H3,(H,19,20)(H,21,22)/b8-6+. The van der Waals surface area contributed by atoms with Gasteiger partial charge in [0.05, 0.1) is 5.56 Å². The van der Waals surface area contributed by atoms with E-state index in [1.807, 2.05) is 0 Å². The number of halogens is 3. The number of nitrogens with one attached hydrogen (secondary N) is 2. The minimum atomic E-state index is -4.54. The maximum atomic E-state index is 12.6. The van der Waals surface area contributed by atoms with E-state index in [1.54, 1.807) is 0 Å². The van der Waals surface area contributed by atoms with Crippen molar-refractivity contribution in [3.05, 3.63) is 41.1 Å². The average Bonchev–Trinajstić information content (AvgIpc) is 2.39. The van der Waals surface area contributed by atoms with Gasteiger partial charge in [0.15, 0.2) is 0 Å². The van der Waals surface area contributed by atoms with Crippen molar-refractivity contribution in [1.29, 1.82) is 5.26 Å². The lowest BCUT2D eigenvalue weighted by molar-refractivity contribution is -0.137. The number of carboxylic acid groups (broad SMARTS) is 1. The monoisotopic (exact) mass is 313 g/mol. The molecule has 3 N–H and O–H groups in total. The summed E-state index contributed by atoms with van der Waals surface area (Å²) in [6, 6.07) is 4.38. The highest BCUT2D eigenvalue weighted by Crippen LogP contribution is 2.32. The van der Waals surface area contributed by atoms with Crippen LogP contribution in [0.15, 0.2) is 30.0 Å². The molecule has 6 nitrogen and oxygen atoms in total. The third-order valence-corrected chi connectivity index (χ3v) is 2.52. The van der Waals surface area contributed by atoms with Crippen LogP contribution in [0.1, 0.15) is 11.1 Å². The van der Waals surface area contributed by atoms with Crippen LogP contribution >= 0.6 is 0 Å². The molecule has 0 aromatic heterocycles. The van der Waals surface area contributed by atoms with Crippen LogP contribution in [0.25, 0.3) is 0 Å². The van der Waals surface area contributed by atoms with Gasteiger partial charge in [-0.25, -0.2) is 4.79 Å². The van der Waals surface area contributed by atoms with Crippen molar-refractivity contribution in [1.82, 2.24) is 5.32 Å². The van der Waals surface area contributed by atoms with E-state index in [2.05, 4.69) is 5.32 Å². The van der Waals surface area contributed by atoms with E-state index in [4.69, 9.17) is 10.4 Å². The fourth-order valence-corrected chi connectivity index (χ4v) is 1.42. The van der Waals surface area contributed by atoms with Gasteiger partial charge >= 0.3 is 12.3 Å². The van der Waals surface area contributed by atoms with Crippen molar-refractivity contribution >= 4 is 17.7 Å². The summed E-state index contributed by atoms with van der Waals surface area (Å²) in [5, 5.41) is 21.0. The van der Waals surface area contributed by atoms with Crippen molar-refractivity contribution in [2.45, 2.75) is 13.1 Å². The fourth-order valence-electron chi connectivity index (χ4n) is 1.42. The van der Waals surface area contributed by atoms with Gasteiger partial charge in [0.25, 0.3) is 5.91 Å². The first-order valence-corrected chi connectivity index (χ1v) is 5.74. The van der Waals surface area contributed by atoms with E-state index in [0.29, 0.717) is 5.56 Å². The number of hydrogen-bond donors (Lipinski definition) is 3. The molecule has 2 amide bonds. The Balaban J connectivity index is 3.03. The van der Waals surface area contributed by atoms with Crippen molar-refractivity contribution < 1.29 is 27.9 Å². The highest BCUT2D eigenvalue weighted by molar-refractivity contribution is 6.04. The summed E-state index contributed by atoms with van der Waals surface area (Å²) in [7, 11) is 0. The highest BCUT2D eigenvalue weighted by atomic mass is 19.4. The molecule has 0 saturated carbocycles. The number of anilines is 1. The third kappa shape index (κ3) is 4.52. The van der Waals surface area contributed by atoms with Gasteiger partial charge in [0.1, 0.15) is 11.6 Å². The molecule has 0 bridgehead atoms. The van der Waals surface area contributed by atoms with Crippen molar-refractivity contribution in [3.8, 4) is 6.07 Å². The molecule has 1 aromatic carbocycles. The Morgan fingerprint density at radius 2 is 2.00 bits per heavy atom. The Morgan fingerprint density at radius 1 is 1.36 bits per heavy atom. The lowest BCUT2D eigenvalue weighted by Gasteiger charge is -2.11. The van der Waals surface area contributed by atoms with Gasteiger partial charge < -0.3 is 10.4 Å². The van der Waals surface area contributed by atoms with Crippen LogP contribution in [-0.4, -0.2) is 17.1 Å². The molecular formula is C13H10F3N3O3. The quantitative estimate of drug-likeness (QED) is 0.588. The van der Waals surface area contributed by atoms with Gasteiger partial charge in [-0.05, 0) is 24.6 Å². The van der Waals surface area contributed by atoms with Gasteiger partial charge in [-0.15, -0.1) is 0 Å². The van der Waals surface area contributed by atoms with Crippen LogP contribution in [0.2, 0.25) is 0 Å². The number of rotatable bonds is 3. The third-order valence-electron chi connectivity index (χ3n) is 2.52. The molecule has 116 valence electrons. The van der Waals surface area contributed by atoms with Gasteiger partial charge in [-0.1, -0.05) is 6.07 Å². The van der Waals surface area contributed by atoms with Crippen LogP contribution in [-0.2, 0) is 11.0 Å².